The first-order chi connectivity index (χ1) is 17.6. The summed E-state index contributed by atoms with van der Waals surface area (Å²) in [5.41, 5.74) is 3.48. The molecule has 0 amide bonds. The van der Waals surface area contributed by atoms with Gasteiger partial charge in [-0.2, -0.15) is 0 Å². The largest absolute Gasteiger partial charge is 0.495 e. The second-order valence-electron chi connectivity index (χ2n) is 8.99. The zero-order chi connectivity index (χ0) is 25.1. The quantitative estimate of drug-likeness (QED) is 0.403. The molecular weight excluding hydrogens is 458 g/mol. The third kappa shape index (κ3) is 4.69. The Bertz CT molecular complexity index is 1390. The average molecular weight is 490 g/mol. The number of hydrogen-bond acceptors (Lipinski definition) is 8. The monoisotopic (exact) mass is 489 g/mol. The highest BCUT2D eigenvalue weighted by atomic mass is 16.5. The number of fused-ring (bicyclic) bond motifs is 1. The Labute approximate surface area is 209 Å². The number of hydrogen-bond donors (Lipinski definition) is 1. The smallest absolute Gasteiger partial charge is 0.253 e. The van der Waals surface area contributed by atoms with E-state index in [1.54, 1.807) is 18.9 Å². The van der Waals surface area contributed by atoms with Crippen LogP contribution in [0.4, 0.5) is 5.69 Å². The Balaban J connectivity index is 1.51. The summed E-state index contributed by atoms with van der Waals surface area (Å²) in [6.07, 6.45) is 0. The lowest BCUT2D eigenvalue weighted by Crippen LogP contribution is -2.49. The number of nitrogens with one attached hydrogen (secondary N) is 1. The molecule has 10 heteroatoms. The number of aromatic nitrogens is 5. The molecule has 3 heterocycles. The van der Waals surface area contributed by atoms with Crippen LogP contribution in [0.5, 0.6) is 5.75 Å². The van der Waals surface area contributed by atoms with Crippen LogP contribution in [-0.2, 0) is 11.3 Å². The van der Waals surface area contributed by atoms with Crippen molar-refractivity contribution < 1.29 is 9.47 Å². The van der Waals surface area contributed by atoms with Crippen LogP contribution in [0.3, 0.4) is 0 Å². The van der Waals surface area contributed by atoms with E-state index in [4.69, 9.17) is 9.47 Å². The molecule has 1 N–H and O–H groups in total. The van der Waals surface area contributed by atoms with E-state index < -0.39 is 6.04 Å². The molecule has 36 heavy (non-hydrogen) atoms. The van der Waals surface area contributed by atoms with Gasteiger partial charge >= 0.3 is 0 Å². The van der Waals surface area contributed by atoms with Crippen LogP contribution in [-0.4, -0.2) is 77.1 Å². The van der Waals surface area contributed by atoms with Crippen molar-refractivity contribution >= 4 is 16.6 Å². The molecule has 1 unspecified atom stereocenters. The molecule has 4 aromatic rings. The average Bonchev–Trinajstić information content (AvgIpc) is 3.36. The van der Waals surface area contributed by atoms with E-state index in [1.807, 2.05) is 49.4 Å². The highest BCUT2D eigenvalue weighted by molar-refractivity contribution is 5.79. The number of benzene rings is 2. The normalized spacial score (nSPS) is 15.4. The summed E-state index contributed by atoms with van der Waals surface area (Å²) in [6.45, 7) is 6.00. The summed E-state index contributed by atoms with van der Waals surface area (Å²) < 4.78 is 12.6. The summed E-state index contributed by atoms with van der Waals surface area (Å²) >= 11 is 0. The molecule has 1 fully saturated rings. The highest BCUT2D eigenvalue weighted by Gasteiger charge is 2.33. The molecule has 0 saturated carbocycles. The maximum Gasteiger partial charge on any atom is 0.253 e. The van der Waals surface area contributed by atoms with Crippen molar-refractivity contribution in [3.63, 3.8) is 0 Å². The third-order valence-electron chi connectivity index (χ3n) is 6.74. The van der Waals surface area contributed by atoms with Crippen LogP contribution in [0, 0.1) is 6.92 Å². The molecule has 188 valence electrons. The van der Waals surface area contributed by atoms with Gasteiger partial charge < -0.3 is 19.4 Å². The van der Waals surface area contributed by atoms with Crippen LogP contribution in [0.25, 0.3) is 10.9 Å². The van der Waals surface area contributed by atoms with Crippen molar-refractivity contribution in [2.75, 3.05) is 51.9 Å². The first kappa shape index (κ1) is 24.0. The number of aromatic amines is 1. The van der Waals surface area contributed by atoms with Crippen LogP contribution in [0.1, 0.15) is 23.0 Å². The maximum atomic E-state index is 13.4. The maximum absolute atomic E-state index is 13.4. The van der Waals surface area contributed by atoms with Gasteiger partial charge in [0.05, 0.1) is 25.9 Å². The predicted octanol–water partition coefficient (Wildman–Crippen LogP) is 2.39. The number of nitrogens with zero attached hydrogens (tertiary/aromatic N) is 6. The minimum atomic E-state index is -0.397. The van der Waals surface area contributed by atoms with Gasteiger partial charge in [-0.25, -0.2) is 4.68 Å². The number of methoxy groups -OCH3 is 2. The topological polar surface area (TPSA) is 101 Å². The first-order valence-electron chi connectivity index (χ1n) is 12.1. The van der Waals surface area contributed by atoms with Crippen LogP contribution in [0.15, 0.2) is 53.3 Å². The minimum Gasteiger partial charge on any atom is -0.495 e. The van der Waals surface area contributed by atoms with E-state index >= 15 is 0 Å². The van der Waals surface area contributed by atoms with Crippen LogP contribution < -0.4 is 15.2 Å². The van der Waals surface area contributed by atoms with Gasteiger partial charge in [0.25, 0.3) is 5.56 Å². The lowest BCUT2D eigenvalue weighted by atomic mass is 10.0. The summed E-state index contributed by atoms with van der Waals surface area (Å²) in [7, 11) is 3.34. The number of tetrazole rings is 1. The predicted molar refractivity (Wildman–Crippen MR) is 138 cm³/mol. The fourth-order valence-electron chi connectivity index (χ4n) is 4.89. The van der Waals surface area contributed by atoms with E-state index in [2.05, 4.69) is 36.4 Å². The summed E-state index contributed by atoms with van der Waals surface area (Å²) in [5, 5.41) is 13.5. The Morgan fingerprint density at radius 2 is 1.86 bits per heavy atom. The third-order valence-corrected chi connectivity index (χ3v) is 6.74. The second kappa shape index (κ2) is 10.5. The first-order valence-corrected chi connectivity index (χ1v) is 12.1. The van der Waals surface area contributed by atoms with Crippen LogP contribution >= 0.6 is 0 Å². The number of para-hydroxylation sites is 2. The molecule has 0 spiro atoms. The number of rotatable bonds is 8. The molecule has 2 aromatic carbocycles. The van der Waals surface area contributed by atoms with Gasteiger partial charge in [-0.05, 0) is 52.6 Å². The van der Waals surface area contributed by atoms with Crippen LogP contribution in [0.2, 0.25) is 0 Å². The molecule has 1 atom stereocenters. The molecule has 1 aliphatic rings. The summed E-state index contributed by atoms with van der Waals surface area (Å²) in [4.78, 5) is 21.1. The van der Waals surface area contributed by atoms with Crippen molar-refractivity contribution in [1.29, 1.82) is 0 Å². The molecule has 0 aliphatic carbocycles. The van der Waals surface area contributed by atoms with Gasteiger partial charge in [-0.15, -0.1) is 5.10 Å². The van der Waals surface area contributed by atoms with Gasteiger partial charge in [-0.1, -0.05) is 24.3 Å². The SMILES string of the molecule is COCCn1nnnc1C(c1cc2ccc(C)cc2[nH]c1=O)N1CCN(c2ccccc2OC)CC1. The van der Waals surface area contributed by atoms with Gasteiger partial charge in [0.15, 0.2) is 5.82 Å². The van der Waals surface area contributed by atoms with Crippen molar-refractivity contribution in [2.45, 2.75) is 19.5 Å². The molecule has 0 bridgehead atoms. The Morgan fingerprint density at radius 3 is 2.64 bits per heavy atom. The van der Waals surface area contributed by atoms with E-state index in [9.17, 15) is 4.79 Å². The lowest BCUT2D eigenvalue weighted by molar-refractivity contribution is 0.171. The lowest BCUT2D eigenvalue weighted by Gasteiger charge is -2.40. The molecule has 5 rings (SSSR count). The van der Waals surface area contributed by atoms with Gasteiger partial charge in [0.1, 0.15) is 11.8 Å². The Kier molecular flexibility index (Phi) is 6.97. The van der Waals surface area contributed by atoms with E-state index in [0.29, 0.717) is 24.5 Å². The van der Waals surface area contributed by atoms with Gasteiger partial charge in [-0.3, -0.25) is 9.69 Å². The van der Waals surface area contributed by atoms with E-state index in [-0.39, 0.29) is 5.56 Å². The van der Waals surface area contributed by atoms with Crippen molar-refractivity contribution in [3.05, 3.63) is 75.8 Å². The highest BCUT2D eigenvalue weighted by Crippen LogP contribution is 2.32. The van der Waals surface area contributed by atoms with Crippen molar-refractivity contribution in [2.24, 2.45) is 0 Å². The number of piperazine rings is 1. The molecule has 1 aliphatic heterocycles. The summed E-state index contributed by atoms with van der Waals surface area (Å²) in [5.74, 6) is 1.49. The molecule has 1 saturated heterocycles. The fraction of sp³-hybridized carbons (Fsp3) is 0.385. The minimum absolute atomic E-state index is 0.133. The van der Waals surface area contributed by atoms with Crippen molar-refractivity contribution in [1.82, 2.24) is 30.1 Å². The number of ether oxygens (including phenoxy) is 2. The van der Waals surface area contributed by atoms with Gasteiger partial charge in [0, 0.05) is 44.4 Å². The summed E-state index contributed by atoms with van der Waals surface area (Å²) in [6, 6.07) is 15.7. The zero-order valence-electron chi connectivity index (χ0n) is 20.8. The number of pyridine rings is 1. The Morgan fingerprint density at radius 1 is 1.06 bits per heavy atom. The molecular formula is C26H31N7O3. The van der Waals surface area contributed by atoms with Gasteiger partial charge in [0.2, 0.25) is 0 Å². The van der Waals surface area contributed by atoms with E-state index in [0.717, 1.165) is 54.1 Å². The van der Waals surface area contributed by atoms with Crippen molar-refractivity contribution in [3.8, 4) is 5.75 Å². The van der Waals surface area contributed by atoms with E-state index in [1.165, 1.54) is 0 Å². The molecule has 2 aromatic heterocycles. The molecule has 10 nitrogen and oxygen atoms in total. The fourth-order valence-corrected chi connectivity index (χ4v) is 4.89. The number of aryl methyl sites for hydroxylation is 1. The number of anilines is 1. The number of H-pyrrole nitrogens is 1. The standard InChI is InChI=1S/C26H31N7O3/c1-18-8-9-19-17-20(26(34)27-21(19)16-18)24(25-28-29-30-33(25)14-15-35-2)32-12-10-31(11-13-32)22-6-4-5-7-23(22)36-3/h4-9,16-17,24H,10-15H2,1-3H3,(H,27,34). The molecule has 0 radical (unpaired) electrons. The second-order valence-corrected chi connectivity index (χ2v) is 8.99. The zero-order valence-corrected chi connectivity index (χ0v) is 20.8. The Hall–Kier alpha value is -3.76.